The van der Waals surface area contributed by atoms with Crippen LogP contribution < -0.4 is 10.6 Å². The standard InChI is InChI=1S/C15H19N5O3/c1-22-8-4-7-16-15-19-13(10-17-20-15)18-12-6-3-5-11(9-12)14(21)23-2/h3,5-6,9-10H,4,7-8H2,1-2H3,(H2,16,18,19,20). The van der Waals surface area contributed by atoms with Gasteiger partial charge in [0, 0.05) is 25.9 Å². The molecule has 23 heavy (non-hydrogen) atoms. The summed E-state index contributed by atoms with van der Waals surface area (Å²) in [6, 6.07) is 6.94. The molecule has 2 rings (SSSR count). The SMILES string of the molecule is COCCCNc1nncc(Nc2cccc(C(=O)OC)c2)n1. The average Bonchev–Trinajstić information content (AvgIpc) is 2.58. The van der Waals surface area contributed by atoms with E-state index in [9.17, 15) is 4.79 Å². The Balaban J connectivity index is 2.01. The van der Waals surface area contributed by atoms with Crippen LogP contribution in [0.25, 0.3) is 0 Å². The molecule has 0 fully saturated rings. The Morgan fingerprint density at radius 2 is 2.17 bits per heavy atom. The Kier molecular flexibility index (Phi) is 6.25. The fraction of sp³-hybridized carbons (Fsp3) is 0.333. The van der Waals surface area contributed by atoms with Crippen LogP contribution in [-0.4, -0.2) is 48.5 Å². The number of carbonyl (C=O) groups excluding carboxylic acids is 1. The monoisotopic (exact) mass is 317 g/mol. The maximum absolute atomic E-state index is 11.5. The molecule has 8 heteroatoms. The molecule has 0 amide bonds. The quantitative estimate of drug-likeness (QED) is 0.562. The van der Waals surface area contributed by atoms with Crippen LogP contribution in [0.2, 0.25) is 0 Å². The number of methoxy groups -OCH3 is 2. The summed E-state index contributed by atoms with van der Waals surface area (Å²) in [4.78, 5) is 15.8. The van der Waals surface area contributed by atoms with E-state index in [1.165, 1.54) is 13.3 Å². The first kappa shape index (κ1) is 16.6. The molecular formula is C15H19N5O3. The highest BCUT2D eigenvalue weighted by atomic mass is 16.5. The minimum absolute atomic E-state index is 0.394. The van der Waals surface area contributed by atoms with Gasteiger partial charge >= 0.3 is 5.97 Å². The number of esters is 1. The van der Waals surface area contributed by atoms with Crippen molar-refractivity contribution in [3.8, 4) is 0 Å². The first-order valence-corrected chi connectivity index (χ1v) is 7.11. The maximum Gasteiger partial charge on any atom is 0.337 e. The summed E-state index contributed by atoms with van der Waals surface area (Å²) >= 11 is 0. The molecule has 0 spiro atoms. The predicted molar refractivity (Wildman–Crippen MR) is 85.9 cm³/mol. The molecule has 0 unspecified atom stereocenters. The number of hydrogen-bond donors (Lipinski definition) is 2. The molecule has 0 bridgehead atoms. The Morgan fingerprint density at radius 1 is 1.30 bits per heavy atom. The van der Waals surface area contributed by atoms with Gasteiger partial charge in [-0.25, -0.2) is 4.79 Å². The van der Waals surface area contributed by atoms with Crippen molar-refractivity contribution >= 4 is 23.4 Å². The van der Waals surface area contributed by atoms with Gasteiger partial charge in [0.15, 0.2) is 5.82 Å². The number of benzene rings is 1. The van der Waals surface area contributed by atoms with E-state index in [1.54, 1.807) is 25.3 Å². The molecule has 0 aliphatic carbocycles. The molecule has 0 atom stereocenters. The van der Waals surface area contributed by atoms with Crippen LogP contribution in [0.1, 0.15) is 16.8 Å². The third kappa shape index (κ3) is 5.19. The Labute approximate surface area is 134 Å². The third-order valence-electron chi connectivity index (χ3n) is 2.92. The van der Waals surface area contributed by atoms with Crippen LogP contribution in [0.5, 0.6) is 0 Å². The second-order valence-electron chi connectivity index (χ2n) is 4.64. The van der Waals surface area contributed by atoms with Crippen LogP contribution in [-0.2, 0) is 9.47 Å². The van der Waals surface area contributed by atoms with E-state index in [2.05, 4.69) is 25.8 Å². The van der Waals surface area contributed by atoms with E-state index in [4.69, 9.17) is 9.47 Å². The van der Waals surface area contributed by atoms with E-state index in [-0.39, 0.29) is 0 Å². The van der Waals surface area contributed by atoms with Gasteiger partial charge < -0.3 is 20.1 Å². The molecule has 2 N–H and O–H groups in total. The normalized spacial score (nSPS) is 10.2. The number of nitrogens with one attached hydrogen (secondary N) is 2. The molecule has 8 nitrogen and oxygen atoms in total. The minimum Gasteiger partial charge on any atom is -0.465 e. The van der Waals surface area contributed by atoms with Gasteiger partial charge in [0.1, 0.15) is 0 Å². The number of carbonyl (C=O) groups is 1. The van der Waals surface area contributed by atoms with E-state index in [1.807, 2.05) is 6.07 Å². The highest BCUT2D eigenvalue weighted by molar-refractivity contribution is 5.90. The van der Waals surface area contributed by atoms with Crippen molar-refractivity contribution in [2.24, 2.45) is 0 Å². The van der Waals surface area contributed by atoms with Crippen molar-refractivity contribution in [2.75, 3.05) is 38.0 Å². The number of aromatic nitrogens is 3. The number of rotatable bonds is 8. The van der Waals surface area contributed by atoms with Crippen molar-refractivity contribution in [1.29, 1.82) is 0 Å². The van der Waals surface area contributed by atoms with E-state index < -0.39 is 5.97 Å². The zero-order chi connectivity index (χ0) is 16.5. The minimum atomic E-state index is -0.394. The summed E-state index contributed by atoms with van der Waals surface area (Å²) in [5.41, 5.74) is 1.16. The Hall–Kier alpha value is -2.74. The highest BCUT2D eigenvalue weighted by Crippen LogP contribution is 2.16. The van der Waals surface area contributed by atoms with Gasteiger partial charge in [0.25, 0.3) is 0 Å². The van der Waals surface area contributed by atoms with Crippen LogP contribution in [0, 0.1) is 0 Å². The molecule has 0 aliphatic heterocycles. The number of hydrogen-bond acceptors (Lipinski definition) is 8. The fourth-order valence-corrected chi connectivity index (χ4v) is 1.85. The fourth-order valence-electron chi connectivity index (χ4n) is 1.85. The summed E-state index contributed by atoms with van der Waals surface area (Å²) in [5.74, 6) is 0.557. The van der Waals surface area contributed by atoms with Crippen molar-refractivity contribution in [2.45, 2.75) is 6.42 Å². The van der Waals surface area contributed by atoms with Crippen molar-refractivity contribution in [3.63, 3.8) is 0 Å². The number of nitrogens with zero attached hydrogens (tertiary/aromatic N) is 3. The van der Waals surface area contributed by atoms with Crippen LogP contribution in [0.4, 0.5) is 17.5 Å². The molecule has 122 valence electrons. The molecule has 2 aromatic rings. The average molecular weight is 317 g/mol. The van der Waals surface area contributed by atoms with Gasteiger partial charge in [-0.3, -0.25) is 0 Å². The van der Waals surface area contributed by atoms with Gasteiger partial charge in [-0.2, -0.15) is 10.1 Å². The molecule has 0 saturated heterocycles. The molecule has 1 aromatic carbocycles. The third-order valence-corrected chi connectivity index (χ3v) is 2.92. The molecular weight excluding hydrogens is 298 g/mol. The van der Waals surface area contributed by atoms with Crippen LogP contribution in [0.3, 0.4) is 0 Å². The van der Waals surface area contributed by atoms with Crippen molar-refractivity contribution < 1.29 is 14.3 Å². The largest absolute Gasteiger partial charge is 0.465 e. The molecule has 0 aliphatic rings. The second kappa shape index (κ2) is 8.64. The van der Waals surface area contributed by atoms with Gasteiger partial charge in [-0.1, -0.05) is 6.07 Å². The predicted octanol–water partition coefficient (Wildman–Crippen LogP) is 1.85. The van der Waals surface area contributed by atoms with Crippen LogP contribution in [0.15, 0.2) is 30.5 Å². The molecule has 0 saturated carbocycles. The van der Waals surface area contributed by atoms with Gasteiger partial charge in [0.05, 0.1) is 18.9 Å². The topological polar surface area (TPSA) is 98.3 Å². The summed E-state index contributed by atoms with van der Waals surface area (Å²) in [7, 11) is 3.00. The molecule has 0 radical (unpaired) electrons. The first-order valence-electron chi connectivity index (χ1n) is 7.11. The number of anilines is 3. The molecule has 1 aromatic heterocycles. The van der Waals surface area contributed by atoms with E-state index in [0.717, 1.165) is 6.42 Å². The highest BCUT2D eigenvalue weighted by Gasteiger charge is 2.06. The summed E-state index contributed by atoms with van der Waals surface area (Å²) in [6.07, 6.45) is 2.35. The van der Waals surface area contributed by atoms with Crippen LogP contribution >= 0.6 is 0 Å². The second-order valence-corrected chi connectivity index (χ2v) is 4.64. The number of ether oxygens (including phenoxy) is 2. The zero-order valence-corrected chi connectivity index (χ0v) is 13.1. The lowest BCUT2D eigenvalue weighted by molar-refractivity contribution is 0.0601. The summed E-state index contributed by atoms with van der Waals surface area (Å²) in [6.45, 7) is 1.36. The summed E-state index contributed by atoms with van der Waals surface area (Å²) in [5, 5.41) is 13.9. The zero-order valence-electron chi connectivity index (χ0n) is 13.1. The lowest BCUT2D eigenvalue weighted by Crippen LogP contribution is -2.09. The van der Waals surface area contributed by atoms with Crippen molar-refractivity contribution in [3.05, 3.63) is 36.0 Å². The van der Waals surface area contributed by atoms with Gasteiger partial charge in [-0.15, -0.1) is 5.10 Å². The smallest absolute Gasteiger partial charge is 0.337 e. The lowest BCUT2D eigenvalue weighted by Gasteiger charge is -2.08. The summed E-state index contributed by atoms with van der Waals surface area (Å²) < 4.78 is 9.68. The van der Waals surface area contributed by atoms with Gasteiger partial charge in [0.2, 0.25) is 5.95 Å². The van der Waals surface area contributed by atoms with E-state index in [0.29, 0.717) is 36.2 Å². The van der Waals surface area contributed by atoms with Gasteiger partial charge in [-0.05, 0) is 24.6 Å². The van der Waals surface area contributed by atoms with E-state index >= 15 is 0 Å². The van der Waals surface area contributed by atoms with Crippen molar-refractivity contribution in [1.82, 2.24) is 15.2 Å². The Morgan fingerprint density at radius 3 is 2.96 bits per heavy atom. The Bertz CT molecular complexity index is 651. The lowest BCUT2D eigenvalue weighted by atomic mass is 10.2. The first-order chi connectivity index (χ1) is 11.2. The maximum atomic E-state index is 11.5. The molecule has 1 heterocycles.